The lowest BCUT2D eigenvalue weighted by atomic mass is 9.97. The van der Waals surface area contributed by atoms with Crippen molar-refractivity contribution in [3.05, 3.63) is 35.6 Å². The van der Waals surface area contributed by atoms with Crippen LogP contribution in [-0.2, 0) is 14.6 Å². The second-order valence-electron chi connectivity index (χ2n) is 6.92. The normalized spacial score (nSPS) is 21.2. The van der Waals surface area contributed by atoms with Gasteiger partial charge in [0.1, 0.15) is 11.3 Å². The van der Waals surface area contributed by atoms with Crippen molar-refractivity contribution in [1.29, 1.82) is 0 Å². The molecule has 0 unspecified atom stereocenters. The fourth-order valence-electron chi connectivity index (χ4n) is 3.30. The van der Waals surface area contributed by atoms with Crippen molar-refractivity contribution < 1.29 is 17.6 Å². The molecule has 1 amide bonds. The van der Waals surface area contributed by atoms with Gasteiger partial charge in [0.2, 0.25) is 5.91 Å². The third-order valence-electron chi connectivity index (χ3n) is 4.73. The van der Waals surface area contributed by atoms with E-state index in [0.29, 0.717) is 6.42 Å². The summed E-state index contributed by atoms with van der Waals surface area (Å²) in [7, 11) is -3.07. The Bertz CT molecular complexity index is 866. The van der Waals surface area contributed by atoms with Crippen LogP contribution < -0.4 is 5.32 Å². The number of rotatable bonds is 4. The van der Waals surface area contributed by atoms with Gasteiger partial charge in [-0.25, -0.2) is 8.42 Å². The Morgan fingerprint density at radius 1 is 1.29 bits per heavy atom. The molecule has 0 saturated carbocycles. The molecule has 1 saturated heterocycles. The molecule has 1 N–H and O–H groups in total. The fraction of sp³-hybridized carbons (Fsp3) is 0.500. The second-order valence-corrected chi connectivity index (χ2v) is 9.15. The number of nitrogens with one attached hydrogen (secondary N) is 1. The van der Waals surface area contributed by atoms with Crippen LogP contribution in [0.2, 0.25) is 0 Å². The first kappa shape index (κ1) is 17.0. The van der Waals surface area contributed by atoms with Crippen LogP contribution in [0.5, 0.6) is 0 Å². The average molecular weight is 349 g/mol. The molecule has 24 heavy (non-hydrogen) atoms. The second kappa shape index (κ2) is 6.24. The van der Waals surface area contributed by atoms with Gasteiger partial charge in [-0.05, 0) is 25.3 Å². The summed E-state index contributed by atoms with van der Waals surface area (Å²) >= 11 is 0. The topological polar surface area (TPSA) is 76.4 Å². The zero-order valence-electron chi connectivity index (χ0n) is 14.2. The van der Waals surface area contributed by atoms with Gasteiger partial charge in [0.15, 0.2) is 9.84 Å². The molecule has 1 aromatic heterocycles. The molecule has 1 aliphatic heterocycles. The van der Waals surface area contributed by atoms with Gasteiger partial charge in [0, 0.05) is 10.9 Å². The van der Waals surface area contributed by atoms with Gasteiger partial charge < -0.3 is 9.73 Å². The molecule has 5 nitrogen and oxygen atoms in total. The SMILES string of the molecule is Cc1c([C@H](NC(=O)[C@@H]2CCS(=O)(=O)C2)C(C)C)oc2ccccc12. The Balaban J connectivity index is 1.87. The number of carbonyl (C=O) groups excluding carboxylic acids is 1. The third kappa shape index (κ3) is 3.20. The Labute approximate surface area is 142 Å². The van der Waals surface area contributed by atoms with Crippen molar-refractivity contribution in [2.75, 3.05) is 11.5 Å². The standard InChI is InChI=1S/C18H23NO4S/c1-11(2)16(19-18(20)13-8-9-24(21,22)10-13)17-12(3)14-6-4-5-7-15(14)23-17/h4-7,11,13,16H,8-10H2,1-3H3,(H,19,20)/t13-,16-/m1/s1. The number of hydrogen-bond donors (Lipinski definition) is 1. The quantitative estimate of drug-likeness (QED) is 0.920. The van der Waals surface area contributed by atoms with Gasteiger partial charge in [-0.15, -0.1) is 0 Å². The van der Waals surface area contributed by atoms with Crippen molar-refractivity contribution in [2.24, 2.45) is 11.8 Å². The Morgan fingerprint density at radius 2 is 2.00 bits per heavy atom. The summed E-state index contributed by atoms with van der Waals surface area (Å²) in [4.78, 5) is 12.5. The number of para-hydroxylation sites is 1. The van der Waals surface area contributed by atoms with Crippen LogP contribution in [0.1, 0.15) is 37.6 Å². The Hall–Kier alpha value is -1.82. The lowest BCUT2D eigenvalue weighted by Gasteiger charge is -2.23. The number of amides is 1. The molecular formula is C18H23NO4S. The molecule has 2 aromatic rings. The van der Waals surface area contributed by atoms with Gasteiger partial charge in [-0.2, -0.15) is 0 Å². The summed E-state index contributed by atoms with van der Waals surface area (Å²) in [5.74, 6) is 0.270. The van der Waals surface area contributed by atoms with Gasteiger partial charge in [0.25, 0.3) is 0 Å². The highest BCUT2D eigenvalue weighted by Gasteiger charge is 2.35. The fourth-order valence-corrected chi connectivity index (χ4v) is 5.04. The number of carbonyl (C=O) groups is 1. The van der Waals surface area contributed by atoms with E-state index in [-0.39, 0.29) is 29.4 Å². The van der Waals surface area contributed by atoms with Crippen LogP contribution in [-0.4, -0.2) is 25.8 Å². The highest BCUT2D eigenvalue weighted by molar-refractivity contribution is 7.91. The van der Waals surface area contributed by atoms with Crippen LogP contribution >= 0.6 is 0 Å². The monoisotopic (exact) mass is 349 g/mol. The van der Waals surface area contributed by atoms with E-state index in [1.165, 1.54) is 0 Å². The van der Waals surface area contributed by atoms with Crippen LogP contribution in [0.3, 0.4) is 0 Å². The molecule has 130 valence electrons. The molecule has 2 heterocycles. The predicted octanol–water partition coefficient (Wildman–Crippen LogP) is 2.99. The predicted molar refractivity (Wildman–Crippen MR) is 93.4 cm³/mol. The molecule has 2 atom stereocenters. The molecule has 0 bridgehead atoms. The van der Waals surface area contributed by atoms with Gasteiger partial charge in [-0.3, -0.25) is 4.79 Å². The molecule has 0 radical (unpaired) electrons. The minimum Gasteiger partial charge on any atom is -0.459 e. The van der Waals surface area contributed by atoms with E-state index < -0.39 is 15.8 Å². The first-order valence-corrected chi connectivity index (χ1v) is 10.1. The van der Waals surface area contributed by atoms with E-state index in [1.54, 1.807) is 0 Å². The molecule has 1 aromatic carbocycles. The maximum absolute atomic E-state index is 12.5. The first-order chi connectivity index (χ1) is 11.3. The smallest absolute Gasteiger partial charge is 0.224 e. The summed E-state index contributed by atoms with van der Waals surface area (Å²) in [6, 6.07) is 7.52. The molecule has 3 rings (SSSR count). The van der Waals surface area contributed by atoms with E-state index in [4.69, 9.17) is 4.42 Å². The van der Waals surface area contributed by atoms with E-state index >= 15 is 0 Å². The minimum absolute atomic E-state index is 0.0528. The van der Waals surface area contributed by atoms with E-state index in [0.717, 1.165) is 22.3 Å². The van der Waals surface area contributed by atoms with Crippen LogP contribution in [0.25, 0.3) is 11.0 Å². The van der Waals surface area contributed by atoms with Gasteiger partial charge in [-0.1, -0.05) is 32.0 Å². The summed E-state index contributed by atoms with van der Waals surface area (Å²) < 4.78 is 29.2. The van der Waals surface area contributed by atoms with E-state index in [9.17, 15) is 13.2 Å². The Kier molecular flexibility index (Phi) is 4.42. The average Bonchev–Trinajstić information content (AvgIpc) is 3.05. The largest absolute Gasteiger partial charge is 0.459 e. The lowest BCUT2D eigenvalue weighted by molar-refractivity contribution is -0.125. The van der Waals surface area contributed by atoms with Gasteiger partial charge in [0.05, 0.1) is 23.5 Å². The summed E-state index contributed by atoms with van der Waals surface area (Å²) in [6.45, 7) is 6.02. The van der Waals surface area contributed by atoms with Gasteiger partial charge >= 0.3 is 0 Å². The number of hydrogen-bond acceptors (Lipinski definition) is 4. The Morgan fingerprint density at radius 3 is 2.58 bits per heavy atom. The molecular weight excluding hydrogens is 326 g/mol. The zero-order valence-corrected chi connectivity index (χ0v) is 15.0. The molecule has 1 fully saturated rings. The van der Waals surface area contributed by atoms with Crippen molar-refractivity contribution in [2.45, 2.75) is 33.2 Å². The number of sulfone groups is 1. The molecule has 0 aliphatic carbocycles. The summed E-state index contributed by atoms with van der Waals surface area (Å²) in [6.07, 6.45) is 0.401. The van der Waals surface area contributed by atoms with E-state index in [2.05, 4.69) is 5.32 Å². The number of fused-ring (bicyclic) bond motifs is 1. The maximum Gasteiger partial charge on any atom is 0.224 e. The van der Waals surface area contributed by atoms with Crippen LogP contribution in [0.15, 0.2) is 28.7 Å². The molecule has 6 heteroatoms. The highest BCUT2D eigenvalue weighted by atomic mass is 32.2. The van der Waals surface area contributed by atoms with Crippen LogP contribution in [0, 0.1) is 18.8 Å². The van der Waals surface area contributed by atoms with Crippen LogP contribution in [0.4, 0.5) is 0 Å². The lowest BCUT2D eigenvalue weighted by Crippen LogP contribution is -2.36. The van der Waals surface area contributed by atoms with Crippen molar-refractivity contribution in [3.63, 3.8) is 0 Å². The number of furan rings is 1. The van der Waals surface area contributed by atoms with Crippen molar-refractivity contribution >= 4 is 26.7 Å². The molecule has 0 spiro atoms. The first-order valence-electron chi connectivity index (χ1n) is 8.27. The zero-order chi connectivity index (χ0) is 17.5. The molecule has 1 aliphatic rings. The number of aryl methyl sites for hydroxylation is 1. The summed E-state index contributed by atoms with van der Waals surface area (Å²) in [5, 5.41) is 4.05. The number of benzene rings is 1. The maximum atomic E-state index is 12.5. The third-order valence-corrected chi connectivity index (χ3v) is 6.50. The minimum atomic E-state index is -3.07. The van der Waals surface area contributed by atoms with E-state index in [1.807, 2.05) is 45.0 Å². The van der Waals surface area contributed by atoms with Crippen molar-refractivity contribution in [3.8, 4) is 0 Å². The summed E-state index contributed by atoms with van der Waals surface area (Å²) in [5.41, 5.74) is 1.82. The highest BCUT2D eigenvalue weighted by Crippen LogP contribution is 2.33. The van der Waals surface area contributed by atoms with Crippen molar-refractivity contribution in [1.82, 2.24) is 5.32 Å².